The van der Waals surface area contributed by atoms with Gasteiger partial charge in [0.05, 0.1) is 11.7 Å². The molecule has 1 heterocycles. The van der Waals surface area contributed by atoms with E-state index in [0.717, 1.165) is 18.2 Å². The molecule has 1 unspecified atom stereocenters. The molecule has 2 nitrogen and oxygen atoms in total. The summed E-state index contributed by atoms with van der Waals surface area (Å²) in [5.41, 5.74) is 3.98. The first kappa shape index (κ1) is 13.8. The molecule has 1 saturated heterocycles. The Balaban J connectivity index is 1.51. The summed E-state index contributed by atoms with van der Waals surface area (Å²) in [4.78, 5) is 0. The summed E-state index contributed by atoms with van der Waals surface area (Å²) in [6.45, 7) is 9.01. The van der Waals surface area contributed by atoms with Gasteiger partial charge in [-0.2, -0.15) is 0 Å². The van der Waals surface area contributed by atoms with Crippen LogP contribution in [0.1, 0.15) is 43.4 Å². The minimum absolute atomic E-state index is 0.0442. The highest BCUT2D eigenvalue weighted by atomic mass is 16.7. The molecule has 5 atom stereocenters. The lowest BCUT2D eigenvalue weighted by molar-refractivity contribution is -0.151. The average Bonchev–Trinajstić information content (AvgIpc) is 2.76. The first-order chi connectivity index (χ1) is 9.97. The zero-order chi connectivity index (χ0) is 14.8. The topological polar surface area (TPSA) is 18.5 Å². The van der Waals surface area contributed by atoms with Gasteiger partial charge in [0, 0.05) is 6.32 Å². The SMILES string of the molecule is Cc1ccc(CB2O[C@@H]3C[C@@H]4C[C@@H](C4C)[C@]3(C)O2)c(C)c1. The van der Waals surface area contributed by atoms with Gasteiger partial charge in [-0.3, -0.25) is 0 Å². The normalized spacial score (nSPS) is 40.9. The molecule has 0 spiro atoms. The Labute approximate surface area is 128 Å². The summed E-state index contributed by atoms with van der Waals surface area (Å²) in [6, 6.07) is 6.66. The molecule has 21 heavy (non-hydrogen) atoms. The van der Waals surface area contributed by atoms with Crippen LogP contribution >= 0.6 is 0 Å². The van der Waals surface area contributed by atoms with Crippen LogP contribution in [0.5, 0.6) is 0 Å². The average molecular weight is 284 g/mol. The number of hydrogen-bond acceptors (Lipinski definition) is 2. The van der Waals surface area contributed by atoms with Crippen molar-refractivity contribution in [2.75, 3.05) is 0 Å². The summed E-state index contributed by atoms with van der Waals surface area (Å²) in [5.74, 6) is 2.39. The predicted molar refractivity (Wildman–Crippen MR) is 85.1 cm³/mol. The van der Waals surface area contributed by atoms with E-state index in [1.54, 1.807) is 0 Å². The molecule has 0 radical (unpaired) electrons. The molecule has 1 aliphatic heterocycles. The van der Waals surface area contributed by atoms with Crippen molar-refractivity contribution < 1.29 is 9.31 Å². The van der Waals surface area contributed by atoms with Crippen molar-refractivity contribution in [3.63, 3.8) is 0 Å². The van der Waals surface area contributed by atoms with Crippen molar-refractivity contribution in [2.24, 2.45) is 17.8 Å². The molecule has 0 aromatic heterocycles. The third kappa shape index (κ3) is 2.01. The van der Waals surface area contributed by atoms with Gasteiger partial charge in [0.1, 0.15) is 0 Å². The van der Waals surface area contributed by atoms with Crippen LogP contribution in [0, 0.1) is 31.6 Å². The minimum atomic E-state index is -0.0621. The highest BCUT2D eigenvalue weighted by Gasteiger charge is 2.63. The van der Waals surface area contributed by atoms with Gasteiger partial charge in [-0.05, 0) is 62.5 Å². The van der Waals surface area contributed by atoms with Crippen molar-refractivity contribution in [3.8, 4) is 0 Å². The van der Waals surface area contributed by atoms with E-state index in [-0.39, 0.29) is 12.7 Å². The summed E-state index contributed by atoms with van der Waals surface area (Å²) in [6.07, 6.45) is 3.73. The highest BCUT2D eigenvalue weighted by Crippen LogP contribution is 2.59. The largest absolute Gasteiger partial charge is 0.462 e. The van der Waals surface area contributed by atoms with Crippen LogP contribution in [-0.4, -0.2) is 18.8 Å². The Hall–Kier alpha value is -0.795. The summed E-state index contributed by atoms with van der Waals surface area (Å²) in [7, 11) is -0.0621. The standard InChI is InChI=1S/C18H25BO2/c1-11-5-6-14(12(2)7-11)10-19-20-17-9-15-8-16(13(15)3)18(17,4)21-19/h5-7,13,15-17H,8-10H2,1-4H3/t13?,15-,16-,17+,18-/m0/s1. The molecule has 0 N–H and O–H groups in total. The van der Waals surface area contributed by atoms with E-state index >= 15 is 0 Å². The third-order valence-corrected chi connectivity index (χ3v) is 6.41. The Bertz CT molecular complexity index is 572. The molecular weight excluding hydrogens is 259 g/mol. The second-order valence-corrected chi connectivity index (χ2v) is 7.69. The predicted octanol–water partition coefficient (Wildman–Crippen LogP) is 3.72. The minimum Gasteiger partial charge on any atom is -0.405 e. The second kappa shape index (κ2) is 4.60. The van der Waals surface area contributed by atoms with Gasteiger partial charge in [-0.25, -0.2) is 0 Å². The summed E-state index contributed by atoms with van der Waals surface area (Å²) in [5, 5.41) is 0. The molecule has 1 aromatic rings. The van der Waals surface area contributed by atoms with Crippen LogP contribution in [0.3, 0.4) is 0 Å². The van der Waals surface area contributed by atoms with Gasteiger partial charge in [0.15, 0.2) is 0 Å². The Morgan fingerprint density at radius 1 is 1.29 bits per heavy atom. The Kier molecular flexibility index (Phi) is 3.03. The van der Waals surface area contributed by atoms with E-state index in [4.69, 9.17) is 9.31 Å². The van der Waals surface area contributed by atoms with Gasteiger partial charge >= 0.3 is 7.12 Å². The lowest BCUT2D eigenvalue weighted by Gasteiger charge is -2.58. The Morgan fingerprint density at radius 2 is 2.10 bits per heavy atom. The summed E-state index contributed by atoms with van der Waals surface area (Å²) >= 11 is 0. The van der Waals surface area contributed by atoms with Crippen molar-refractivity contribution in [1.82, 2.24) is 0 Å². The van der Waals surface area contributed by atoms with Crippen LogP contribution in [0.2, 0.25) is 0 Å². The number of rotatable bonds is 2. The maximum atomic E-state index is 6.44. The molecule has 1 aromatic carbocycles. The molecule has 5 rings (SSSR count). The fourth-order valence-electron chi connectivity index (χ4n) is 4.90. The van der Waals surface area contributed by atoms with Gasteiger partial charge in [0.2, 0.25) is 0 Å². The molecule has 0 amide bonds. The highest BCUT2D eigenvalue weighted by molar-refractivity contribution is 6.44. The van der Waals surface area contributed by atoms with Crippen LogP contribution in [0.25, 0.3) is 0 Å². The maximum Gasteiger partial charge on any atom is 0.462 e. The molecule has 112 valence electrons. The molecule has 3 heteroatoms. The smallest absolute Gasteiger partial charge is 0.405 e. The summed E-state index contributed by atoms with van der Waals surface area (Å²) < 4.78 is 12.7. The lowest BCUT2D eigenvalue weighted by Crippen LogP contribution is -2.60. The van der Waals surface area contributed by atoms with Crippen molar-refractivity contribution in [2.45, 2.75) is 58.6 Å². The fraction of sp³-hybridized carbons (Fsp3) is 0.667. The maximum absolute atomic E-state index is 6.44. The number of hydrogen-bond donors (Lipinski definition) is 0. The molecular formula is C18H25BO2. The van der Waals surface area contributed by atoms with Crippen molar-refractivity contribution in [1.29, 1.82) is 0 Å². The van der Waals surface area contributed by atoms with E-state index in [1.165, 1.54) is 29.5 Å². The zero-order valence-corrected chi connectivity index (χ0v) is 13.6. The molecule has 4 fully saturated rings. The van der Waals surface area contributed by atoms with Crippen molar-refractivity contribution in [3.05, 3.63) is 34.9 Å². The lowest BCUT2D eigenvalue weighted by atomic mass is 9.51. The molecule has 4 aliphatic rings. The van der Waals surface area contributed by atoms with Crippen LogP contribution in [-0.2, 0) is 15.6 Å². The zero-order valence-electron chi connectivity index (χ0n) is 13.6. The first-order valence-electron chi connectivity index (χ1n) is 8.37. The number of benzene rings is 1. The van der Waals surface area contributed by atoms with E-state index in [9.17, 15) is 0 Å². The van der Waals surface area contributed by atoms with Crippen LogP contribution in [0.15, 0.2) is 18.2 Å². The Morgan fingerprint density at radius 3 is 2.81 bits per heavy atom. The monoisotopic (exact) mass is 284 g/mol. The molecule has 2 bridgehead atoms. The van der Waals surface area contributed by atoms with Gasteiger partial charge in [-0.15, -0.1) is 0 Å². The van der Waals surface area contributed by atoms with E-state index < -0.39 is 0 Å². The third-order valence-electron chi connectivity index (χ3n) is 6.41. The van der Waals surface area contributed by atoms with Crippen LogP contribution < -0.4 is 0 Å². The van der Waals surface area contributed by atoms with E-state index in [0.29, 0.717) is 12.0 Å². The van der Waals surface area contributed by atoms with Crippen LogP contribution in [0.4, 0.5) is 0 Å². The van der Waals surface area contributed by atoms with Crippen molar-refractivity contribution >= 4 is 7.12 Å². The quantitative estimate of drug-likeness (QED) is 0.770. The molecule has 3 saturated carbocycles. The van der Waals surface area contributed by atoms with E-state index in [1.807, 2.05) is 0 Å². The second-order valence-electron chi connectivity index (χ2n) is 7.69. The first-order valence-corrected chi connectivity index (χ1v) is 8.37. The van der Waals surface area contributed by atoms with Gasteiger partial charge < -0.3 is 9.31 Å². The van der Waals surface area contributed by atoms with Gasteiger partial charge in [-0.1, -0.05) is 30.7 Å². The number of aryl methyl sites for hydroxylation is 2. The fourth-order valence-corrected chi connectivity index (χ4v) is 4.90. The van der Waals surface area contributed by atoms with Gasteiger partial charge in [0.25, 0.3) is 0 Å². The van der Waals surface area contributed by atoms with E-state index in [2.05, 4.69) is 45.9 Å². The molecule has 3 aliphatic carbocycles.